The van der Waals surface area contributed by atoms with E-state index in [4.69, 9.17) is 4.98 Å². The minimum atomic E-state index is -0.491. The zero-order valence-corrected chi connectivity index (χ0v) is 19.5. The molecule has 8 nitrogen and oxygen atoms in total. The van der Waals surface area contributed by atoms with Gasteiger partial charge < -0.3 is 5.32 Å². The van der Waals surface area contributed by atoms with Crippen LogP contribution in [-0.4, -0.2) is 31.4 Å². The van der Waals surface area contributed by atoms with Crippen molar-refractivity contribution < 1.29 is 9.72 Å². The summed E-state index contributed by atoms with van der Waals surface area (Å²) in [5.41, 5.74) is 2.30. The number of hydrogen-bond donors (Lipinski definition) is 1. The number of carbonyl (C=O) groups excluding carboxylic acids is 1. The largest absolute Gasteiger partial charge is 0.325 e. The third-order valence-electron chi connectivity index (χ3n) is 5.12. The van der Waals surface area contributed by atoms with Crippen molar-refractivity contribution in [3.05, 3.63) is 86.3 Å². The molecule has 0 saturated heterocycles. The van der Waals surface area contributed by atoms with Gasteiger partial charge in [0.05, 0.1) is 21.3 Å². The number of fused-ring (bicyclic) bond motifs is 1. The number of amides is 1. The molecular formula is C23H22N4O4S2. The number of nitro groups is 1. The van der Waals surface area contributed by atoms with E-state index in [0.717, 1.165) is 17.7 Å². The minimum Gasteiger partial charge on any atom is -0.325 e. The Morgan fingerprint density at radius 3 is 2.67 bits per heavy atom. The first-order valence-electron chi connectivity index (χ1n) is 10.4. The average Bonchev–Trinajstić information content (AvgIpc) is 3.19. The Morgan fingerprint density at radius 1 is 1.24 bits per heavy atom. The highest BCUT2D eigenvalue weighted by molar-refractivity contribution is 8.00. The van der Waals surface area contributed by atoms with Crippen LogP contribution in [0.25, 0.3) is 0 Å². The predicted octanol–water partition coefficient (Wildman–Crippen LogP) is 4.16. The second-order valence-electron chi connectivity index (χ2n) is 7.64. The number of nitrogens with zero attached hydrogens (tertiary/aromatic N) is 3. The zero-order valence-electron chi connectivity index (χ0n) is 17.9. The van der Waals surface area contributed by atoms with E-state index in [2.05, 4.69) is 12.2 Å². The lowest BCUT2D eigenvalue weighted by Crippen LogP contribution is -2.27. The lowest BCUT2D eigenvalue weighted by atomic mass is 10.1. The van der Waals surface area contributed by atoms with Crippen LogP contribution in [0.15, 0.2) is 69.4 Å². The van der Waals surface area contributed by atoms with Gasteiger partial charge in [-0.1, -0.05) is 49.0 Å². The lowest BCUT2D eigenvalue weighted by molar-refractivity contribution is -0.384. The van der Waals surface area contributed by atoms with E-state index in [1.807, 2.05) is 30.3 Å². The van der Waals surface area contributed by atoms with Gasteiger partial charge in [0.15, 0.2) is 5.16 Å². The fourth-order valence-electron chi connectivity index (χ4n) is 3.52. The van der Waals surface area contributed by atoms with Gasteiger partial charge in [-0.15, -0.1) is 11.8 Å². The molecule has 0 spiro atoms. The third kappa shape index (κ3) is 5.63. The Kier molecular flexibility index (Phi) is 7.14. The molecule has 33 heavy (non-hydrogen) atoms. The molecule has 1 aromatic heterocycles. The van der Waals surface area contributed by atoms with Crippen molar-refractivity contribution in [1.29, 1.82) is 0 Å². The maximum absolute atomic E-state index is 13.2. The Hall–Kier alpha value is -3.11. The molecule has 0 radical (unpaired) electrons. The number of aryl methyl sites for hydroxylation is 1. The fourth-order valence-corrected chi connectivity index (χ4v) is 5.47. The van der Waals surface area contributed by atoms with Crippen LogP contribution in [0.2, 0.25) is 0 Å². The van der Waals surface area contributed by atoms with E-state index < -0.39 is 4.92 Å². The summed E-state index contributed by atoms with van der Waals surface area (Å²) in [6, 6.07) is 15.6. The van der Waals surface area contributed by atoms with Crippen LogP contribution in [0.4, 0.5) is 11.4 Å². The molecule has 0 bridgehead atoms. The van der Waals surface area contributed by atoms with Crippen molar-refractivity contribution in [1.82, 2.24) is 9.55 Å². The number of rotatable bonds is 8. The minimum absolute atomic E-state index is 0.0424. The summed E-state index contributed by atoms with van der Waals surface area (Å²) in [6.45, 7) is 2.55. The molecule has 0 fully saturated rings. The molecule has 170 valence electrons. The zero-order chi connectivity index (χ0) is 23.4. The molecule has 10 heteroatoms. The summed E-state index contributed by atoms with van der Waals surface area (Å²) in [4.78, 5) is 41.4. The molecule has 3 aromatic rings. The SMILES string of the molecule is CC1Cc2nc(SCC(=O)Nc3ccc([N+](=O)[O-])cc3)n(CCc3ccccc3)c(=O)c2S1. The van der Waals surface area contributed by atoms with Gasteiger partial charge in [-0.3, -0.25) is 24.3 Å². The summed E-state index contributed by atoms with van der Waals surface area (Å²) in [5, 5.41) is 14.3. The van der Waals surface area contributed by atoms with Gasteiger partial charge in [0, 0.05) is 36.0 Å². The highest BCUT2D eigenvalue weighted by atomic mass is 32.2. The highest BCUT2D eigenvalue weighted by Gasteiger charge is 2.26. The van der Waals surface area contributed by atoms with Crippen molar-refractivity contribution in [3.8, 4) is 0 Å². The van der Waals surface area contributed by atoms with Crippen LogP contribution in [0.3, 0.4) is 0 Å². The van der Waals surface area contributed by atoms with Gasteiger partial charge >= 0.3 is 0 Å². The molecule has 1 unspecified atom stereocenters. The Morgan fingerprint density at radius 2 is 1.97 bits per heavy atom. The first-order valence-corrected chi connectivity index (χ1v) is 12.3. The molecule has 4 rings (SSSR count). The number of nitro benzene ring substituents is 1. The van der Waals surface area contributed by atoms with Gasteiger partial charge in [0.2, 0.25) is 5.91 Å². The number of carbonyl (C=O) groups is 1. The van der Waals surface area contributed by atoms with Crippen molar-refractivity contribution >= 4 is 40.8 Å². The van der Waals surface area contributed by atoms with Gasteiger partial charge in [-0.2, -0.15) is 0 Å². The van der Waals surface area contributed by atoms with E-state index in [1.54, 1.807) is 16.3 Å². The summed E-state index contributed by atoms with van der Waals surface area (Å²) in [7, 11) is 0. The molecule has 0 aliphatic carbocycles. The number of benzene rings is 2. The van der Waals surface area contributed by atoms with E-state index in [1.165, 1.54) is 36.0 Å². The van der Waals surface area contributed by atoms with Crippen LogP contribution in [-0.2, 0) is 24.2 Å². The summed E-state index contributed by atoms with van der Waals surface area (Å²) < 4.78 is 1.67. The number of anilines is 1. The standard InChI is InChI=1S/C23H22N4O4S2/c1-15-13-19-21(33-15)22(29)26(12-11-16-5-3-2-4-6-16)23(25-19)32-14-20(28)24-17-7-9-18(10-8-17)27(30)31/h2-10,15H,11-14H2,1H3,(H,24,28). The van der Waals surface area contributed by atoms with Gasteiger partial charge in [-0.05, 0) is 24.1 Å². The monoisotopic (exact) mass is 482 g/mol. The maximum Gasteiger partial charge on any atom is 0.269 e. The summed E-state index contributed by atoms with van der Waals surface area (Å²) >= 11 is 2.78. The Balaban J connectivity index is 1.49. The van der Waals surface area contributed by atoms with Crippen LogP contribution in [0.5, 0.6) is 0 Å². The number of thioether (sulfide) groups is 2. The number of hydrogen-bond acceptors (Lipinski definition) is 7. The smallest absolute Gasteiger partial charge is 0.269 e. The van der Waals surface area contributed by atoms with E-state index >= 15 is 0 Å². The normalized spacial score (nSPS) is 14.6. The molecule has 1 amide bonds. The first kappa shape index (κ1) is 23.1. The Bertz CT molecular complexity index is 1230. The average molecular weight is 483 g/mol. The lowest BCUT2D eigenvalue weighted by Gasteiger charge is -2.14. The molecule has 1 atom stereocenters. The third-order valence-corrected chi connectivity index (χ3v) is 7.32. The number of aromatic nitrogens is 2. The van der Waals surface area contributed by atoms with Gasteiger partial charge in [0.1, 0.15) is 0 Å². The second kappa shape index (κ2) is 10.2. The summed E-state index contributed by atoms with van der Waals surface area (Å²) in [6.07, 6.45) is 1.42. The molecule has 1 N–H and O–H groups in total. The highest BCUT2D eigenvalue weighted by Crippen LogP contribution is 2.34. The summed E-state index contributed by atoms with van der Waals surface area (Å²) in [5.74, 6) is -0.211. The van der Waals surface area contributed by atoms with Crippen molar-refractivity contribution in [2.24, 2.45) is 0 Å². The van der Waals surface area contributed by atoms with E-state index in [0.29, 0.717) is 34.0 Å². The predicted molar refractivity (Wildman–Crippen MR) is 130 cm³/mol. The number of non-ortho nitro benzene ring substituents is 1. The quantitative estimate of drug-likeness (QED) is 0.222. The first-order chi connectivity index (χ1) is 15.9. The van der Waals surface area contributed by atoms with Crippen LogP contribution < -0.4 is 10.9 Å². The molecule has 2 aromatic carbocycles. The molecule has 2 heterocycles. The van der Waals surface area contributed by atoms with Crippen molar-refractivity contribution in [2.75, 3.05) is 11.1 Å². The van der Waals surface area contributed by atoms with E-state index in [9.17, 15) is 19.7 Å². The van der Waals surface area contributed by atoms with Crippen LogP contribution in [0.1, 0.15) is 18.2 Å². The van der Waals surface area contributed by atoms with Crippen molar-refractivity contribution in [3.63, 3.8) is 0 Å². The maximum atomic E-state index is 13.2. The molecular weight excluding hydrogens is 460 g/mol. The van der Waals surface area contributed by atoms with E-state index in [-0.39, 0.29) is 22.9 Å². The number of nitrogens with one attached hydrogen (secondary N) is 1. The fraction of sp³-hybridized carbons (Fsp3) is 0.261. The molecule has 0 saturated carbocycles. The van der Waals surface area contributed by atoms with Crippen LogP contribution >= 0.6 is 23.5 Å². The van der Waals surface area contributed by atoms with Crippen molar-refractivity contribution in [2.45, 2.75) is 41.6 Å². The van der Waals surface area contributed by atoms with Crippen LogP contribution in [0, 0.1) is 10.1 Å². The second-order valence-corrected chi connectivity index (χ2v) is 10.0. The van der Waals surface area contributed by atoms with Gasteiger partial charge in [-0.25, -0.2) is 4.98 Å². The topological polar surface area (TPSA) is 107 Å². The molecule has 1 aliphatic heterocycles. The van der Waals surface area contributed by atoms with Gasteiger partial charge in [0.25, 0.3) is 11.2 Å². The molecule has 1 aliphatic rings. The Labute approximate surface area is 199 Å².